The third kappa shape index (κ3) is 5.44. The third-order valence-corrected chi connectivity index (χ3v) is 5.40. The topological polar surface area (TPSA) is 186 Å². The summed E-state index contributed by atoms with van der Waals surface area (Å²) in [6.45, 7) is 0.0000273. The van der Waals surface area contributed by atoms with Crippen molar-refractivity contribution in [2.45, 2.75) is 25.1 Å². The Balaban J connectivity index is 1.94. The van der Waals surface area contributed by atoms with Gasteiger partial charge in [-0.2, -0.15) is 0 Å². The fraction of sp³-hybridized carbons (Fsp3) is 0.500. The van der Waals surface area contributed by atoms with Crippen molar-refractivity contribution in [2.75, 3.05) is 18.7 Å². The second kappa shape index (κ2) is 7.85. The molecule has 0 amide bonds. The maximum atomic E-state index is 11.7. The van der Waals surface area contributed by atoms with Crippen LogP contribution in [0.1, 0.15) is 6.42 Å². The maximum absolute atomic E-state index is 11.7. The third-order valence-electron chi connectivity index (χ3n) is 3.40. The zero-order valence-electron chi connectivity index (χ0n) is 13.0. The average molecular weight is 378 g/mol. The van der Waals surface area contributed by atoms with Crippen LogP contribution in [0.3, 0.4) is 0 Å². The Morgan fingerprint density at radius 2 is 2.24 bits per heavy atom. The molecule has 1 fully saturated rings. The van der Waals surface area contributed by atoms with Crippen molar-refractivity contribution in [3.63, 3.8) is 0 Å². The molecule has 0 aromatic carbocycles. The summed E-state index contributed by atoms with van der Waals surface area (Å²) >= 11 is 0. The number of ether oxygens (including phenoxy) is 1. The van der Waals surface area contributed by atoms with E-state index >= 15 is 0 Å². The number of nitrogens with zero attached hydrogens (tertiary/aromatic N) is 2. The fourth-order valence-corrected chi connectivity index (χ4v) is 4.13. The average Bonchev–Trinajstić information content (AvgIpc) is 2.51. The number of anilines is 1. The molecule has 1 aliphatic rings. The Morgan fingerprint density at radius 1 is 1.52 bits per heavy atom. The van der Waals surface area contributed by atoms with Gasteiger partial charge in [0.15, 0.2) is 0 Å². The summed E-state index contributed by atoms with van der Waals surface area (Å²) in [5, 5.41) is 20.0. The minimum absolute atomic E-state index is 0.0891. The Bertz CT molecular complexity index is 703. The number of carboxylic acid groups (broad SMARTS) is 2. The molecule has 1 aliphatic heterocycles. The van der Waals surface area contributed by atoms with Gasteiger partial charge >= 0.3 is 141 Å². The number of carboxylic acids is 2. The van der Waals surface area contributed by atoms with Gasteiger partial charge in [0.05, 0.1) is 0 Å². The molecular weight excluding hydrogens is 359 g/mol. The summed E-state index contributed by atoms with van der Waals surface area (Å²) in [7, 11) is -3.75. The number of aliphatic carboxylic acids is 2. The quantitative estimate of drug-likeness (QED) is 0.337. The van der Waals surface area contributed by atoms with Gasteiger partial charge in [0, 0.05) is 0 Å². The van der Waals surface area contributed by atoms with Crippen LogP contribution in [-0.2, 0) is 25.4 Å². The van der Waals surface area contributed by atoms with Crippen molar-refractivity contribution in [3.8, 4) is 0 Å². The summed E-state index contributed by atoms with van der Waals surface area (Å²) in [4.78, 5) is 47.3. The van der Waals surface area contributed by atoms with E-state index in [0.29, 0.717) is 0 Å². The van der Waals surface area contributed by atoms with E-state index in [1.807, 2.05) is 0 Å². The van der Waals surface area contributed by atoms with Crippen molar-refractivity contribution in [1.29, 1.82) is 0 Å². The van der Waals surface area contributed by atoms with Gasteiger partial charge in [-0.15, -0.1) is 0 Å². The van der Waals surface area contributed by atoms with Gasteiger partial charge < -0.3 is 0 Å². The molecule has 0 spiro atoms. The number of nitrogens with two attached hydrogens (primary N) is 1. The first-order valence-corrected chi connectivity index (χ1v) is 9.28. The molecule has 1 aromatic rings. The molecular formula is C12H19N4O8P. The van der Waals surface area contributed by atoms with E-state index in [1.165, 1.54) is 16.8 Å². The molecule has 1 saturated heterocycles. The molecule has 0 bridgehead atoms. The van der Waals surface area contributed by atoms with E-state index in [-0.39, 0.29) is 25.3 Å². The second-order valence-corrected chi connectivity index (χ2v) is 7.88. The summed E-state index contributed by atoms with van der Waals surface area (Å²) in [6.07, 6.45) is -0.166. The monoisotopic (exact) mass is 378 g/mol. The van der Waals surface area contributed by atoms with Gasteiger partial charge in [0.2, 0.25) is 0 Å². The van der Waals surface area contributed by atoms with E-state index in [1.54, 1.807) is 0 Å². The summed E-state index contributed by atoms with van der Waals surface area (Å²) < 4.78 is 12.0. The molecule has 13 heteroatoms. The molecule has 12 nitrogen and oxygen atoms in total. The van der Waals surface area contributed by atoms with Crippen molar-refractivity contribution >= 4 is 25.6 Å². The molecule has 6 N–H and O–H groups in total. The van der Waals surface area contributed by atoms with Gasteiger partial charge in [-0.25, -0.2) is 0 Å². The molecule has 25 heavy (non-hydrogen) atoms. The first kappa shape index (κ1) is 19.2. The Morgan fingerprint density at radius 3 is 2.76 bits per heavy atom. The van der Waals surface area contributed by atoms with Crippen molar-refractivity contribution < 1.29 is 34.0 Å². The molecule has 0 unspecified atom stereocenters. The fourth-order valence-electron chi connectivity index (χ4n) is 2.19. The number of aromatic nitrogens is 2. The molecule has 1 aromatic heterocycles. The first-order valence-electron chi connectivity index (χ1n) is 7.22. The predicted molar refractivity (Wildman–Crippen MR) is 85.9 cm³/mol. The summed E-state index contributed by atoms with van der Waals surface area (Å²) in [6, 6.07) is -0.0561. The van der Waals surface area contributed by atoms with Gasteiger partial charge in [-0.05, 0) is 0 Å². The molecule has 2 atom stereocenters. The molecule has 2 rings (SSSR count). The van der Waals surface area contributed by atoms with Crippen LogP contribution in [0.4, 0.5) is 5.82 Å². The first-order chi connectivity index (χ1) is 11.7. The van der Waals surface area contributed by atoms with Gasteiger partial charge in [-0.3, -0.25) is 0 Å². The normalized spacial score (nSPS) is 22.0. The Labute approximate surface area is 141 Å². The SMILES string of the molecule is Nc1ccn(C[C@H]2CO[PH](O)(N[C@H](CC(=O)O)C(=O)O)CO2)c(=O)n1. The van der Waals surface area contributed by atoms with Gasteiger partial charge in [0.1, 0.15) is 0 Å². The van der Waals surface area contributed by atoms with Crippen molar-refractivity contribution in [2.24, 2.45) is 0 Å². The molecule has 2 heterocycles. The van der Waals surface area contributed by atoms with Crippen LogP contribution >= 0.6 is 7.87 Å². The summed E-state index contributed by atoms with van der Waals surface area (Å²) in [5.41, 5.74) is 4.83. The van der Waals surface area contributed by atoms with Gasteiger partial charge in [0.25, 0.3) is 0 Å². The van der Waals surface area contributed by atoms with E-state index in [9.17, 15) is 19.3 Å². The van der Waals surface area contributed by atoms with Crippen molar-refractivity contribution in [3.05, 3.63) is 22.7 Å². The van der Waals surface area contributed by atoms with Crippen molar-refractivity contribution in [1.82, 2.24) is 14.6 Å². The number of nitrogens with one attached hydrogen (secondary N) is 1. The van der Waals surface area contributed by atoms with E-state index in [4.69, 9.17) is 25.2 Å². The van der Waals surface area contributed by atoms with Crippen LogP contribution < -0.4 is 16.5 Å². The van der Waals surface area contributed by atoms with Crippen LogP contribution in [0.15, 0.2) is 17.1 Å². The Kier molecular flexibility index (Phi) is 6.03. The molecule has 140 valence electrons. The number of hydrogen-bond acceptors (Lipinski definition) is 9. The molecule has 0 aliphatic carbocycles. The minimum atomic E-state index is -3.75. The van der Waals surface area contributed by atoms with Crippen LogP contribution in [-0.4, -0.2) is 61.7 Å². The number of hydrogen-bond donors (Lipinski definition) is 5. The number of rotatable bonds is 7. The summed E-state index contributed by atoms with van der Waals surface area (Å²) in [5.74, 6) is -2.66. The Hall–Kier alpha value is -2.11. The van der Waals surface area contributed by atoms with Crippen LogP contribution in [0.2, 0.25) is 0 Å². The van der Waals surface area contributed by atoms with Crippen LogP contribution in [0.25, 0.3) is 0 Å². The number of carbonyl (C=O) groups is 2. The van der Waals surface area contributed by atoms with Gasteiger partial charge in [-0.1, -0.05) is 0 Å². The standard InChI is InChI=1S/C12H19N4O8P/c13-9-1-2-16(12(21)14-9)4-7-5-24-25(22,6-23-7)15-8(11(19)20)3-10(17)18/h1-2,7-8,15,22,25H,3-6H2,(H,17,18)(H,19,20)(H2,13,14,21)/t7-,8+/m0/s1. The van der Waals surface area contributed by atoms with Crippen LogP contribution in [0.5, 0.6) is 0 Å². The number of nitrogen functional groups attached to an aromatic ring is 1. The molecule has 0 radical (unpaired) electrons. The van der Waals surface area contributed by atoms with E-state index < -0.39 is 44.1 Å². The van der Waals surface area contributed by atoms with E-state index in [0.717, 1.165) is 0 Å². The van der Waals surface area contributed by atoms with Crippen LogP contribution in [0, 0.1) is 0 Å². The van der Waals surface area contributed by atoms with E-state index in [2.05, 4.69) is 10.1 Å². The zero-order valence-corrected chi connectivity index (χ0v) is 14.0. The predicted octanol–water partition coefficient (Wildman–Crippen LogP) is -1.80. The second-order valence-electron chi connectivity index (χ2n) is 5.45. The molecule has 0 saturated carbocycles. The zero-order chi connectivity index (χ0) is 18.6.